The highest BCUT2D eigenvalue weighted by molar-refractivity contribution is 7.87. The second-order valence-electron chi connectivity index (χ2n) is 3.70. The quantitative estimate of drug-likeness (QED) is 0.679. The number of hydrogen-bond acceptors (Lipinski definition) is 3. The Balaban J connectivity index is 2.86. The fourth-order valence-corrected chi connectivity index (χ4v) is 2.44. The summed E-state index contributed by atoms with van der Waals surface area (Å²) in [5.74, 6) is -1.25. The molecule has 0 unspecified atom stereocenters. The molecule has 0 amide bonds. The van der Waals surface area contributed by atoms with Gasteiger partial charge in [-0.05, 0) is 12.0 Å². The molecular weight excluding hydrogens is 256 g/mol. The summed E-state index contributed by atoms with van der Waals surface area (Å²) in [5, 5.41) is 9.06. The number of aliphatic carboxylic acids is 1. The molecule has 6 nitrogen and oxygen atoms in total. The maximum atomic E-state index is 11.6. The number of carboxylic acids is 1. The van der Waals surface area contributed by atoms with Crippen LogP contribution < -0.4 is 9.44 Å². The number of hydrogen-bond donors (Lipinski definition) is 3. The van der Waals surface area contributed by atoms with Crippen LogP contribution in [0.2, 0.25) is 0 Å². The first-order chi connectivity index (χ1) is 8.46. The van der Waals surface area contributed by atoms with Gasteiger partial charge in [0, 0.05) is 6.54 Å². The molecule has 18 heavy (non-hydrogen) atoms. The molecule has 0 saturated carbocycles. The number of nitrogens with one attached hydrogen (secondary N) is 2. The topological polar surface area (TPSA) is 95.5 Å². The highest BCUT2D eigenvalue weighted by atomic mass is 32.2. The predicted octanol–water partition coefficient (Wildman–Crippen LogP) is 0.646. The molecule has 1 atom stereocenters. The second-order valence-corrected chi connectivity index (χ2v) is 5.23. The second kappa shape index (κ2) is 6.48. The summed E-state index contributed by atoms with van der Waals surface area (Å²) in [6, 6.07) is 6.85. The van der Waals surface area contributed by atoms with Crippen molar-refractivity contribution in [2.75, 3.05) is 6.54 Å². The molecule has 0 heterocycles. The van der Waals surface area contributed by atoms with Gasteiger partial charge in [-0.15, -0.1) is 0 Å². The Bertz CT molecular complexity index is 487. The summed E-state index contributed by atoms with van der Waals surface area (Å²) in [5.41, 5.74) is 0.381. The van der Waals surface area contributed by atoms with Crippen molar-refractivity contribution in [2.45, 2.75) is 19.4 Å². The molecule has 0 aromatic heterocycles. The number of carbonyl (C=O) groups is 1. The zero-order valence-electron chi connectivity index (χ0n) is 9.96. The van der Waals surface area contributed by atoms with Gasteiger partial charge in [0.1, 0.15) is 6.04 Å². The smallest absolute Gasteiger partial charge is 0.326 e. The van der Waals surface area contributed by atoms with E-state index in [1.807, 2.05) is 6.92 Å². The van der Waals surface area contributed by atoms with Gasteiger partial charge in [0.2, 0.25) is 0 Å². The third kappa shape index (κ3) is 4.44. The Morgan fingerprint density at radius 2 is 1.94 bits per heavy atom. The monoisotopic (exact) mass is 272 g/mol. The van der Waals surface area contributed by atoms with Crippen molar-refractivity contribution in [3.63, 3.8) is 0 Å². The van der Waals surface area contributed by atoms with Crippen molar-refractivity contribution in [1.82, 2.24) is 9.44 Å². The van der Waals surface area contributed by atoms with Crippen LogP contribution >= 0.6 is 0 Å². The molecule has 3 N–H and O–H groups in total. The Morgan fingerprint density at radius 1 is 1.33 bits per heavy atom. The summed E-state index contributed by atoms with van der Waals surface area (Å²) in [6.45, 7) is 2.07. The molecule has 0 aliphatic rings. The molecule has 7 heteroatoms. The molecule has 0 spiro atoms. The van der Waals surface area contributed by atoms with Crippen molar-refractivity contribution in [3.8, 4) is 0 Å². The summed E-state index contributed by atoms with van der Waals surface area (Å²) in [7, 11) is -3.82. The lowest BCUT2D eigenvalue weighted by molar-refractivity contribution is -0.139. The predicted molar refractivity (Wildman–Crippen MR) is 67.2 cm³/mol. The van der Waals surface area contributed by atoms with Crippen LogP contribution in [-0.4, -0.2) is 26.0 Å². The van der Waals surface area contributed by atoms with Gasteiger partial charge < -0.3 is 5.11 Å². The van der Waals surface area contributed by atoms with E-state index in [9.17, 15) is 13.2 Å². The normalized spacial score (nSPS) is 13.2. The van der Waals surface area contributed by atoms with E-state index in [-0.39, 0.29) is 6.54 Å². The lowest BCUT2D eigenvalue weighted by Crippen LogP contribution is -2.41. The Hall–Kier alpha value is -1.44. The molecule has 0 saturated heterocycles. The molecule has 0 radical (unpaired) electrons. The average molecular weight is 272 g/mol. The average Bonchev–Trinajstić information content (AvgIpc) is 2.34. The zero-order chi connectivity index (χ0) is 13.6. The minimum Gasteiger partial charge on any atom is -0.480 e. The molecule has 1 rings (SSSR count). The summed E-state index contributed by atoms with van der Waals surface area (Å²) < 4.78 is 27.6. The van der Waals surface area contributed by atoms with Gasteiger partial charge in [0.25, 0.3) is 10.2 Å². The van der Waals surface area contributed by atoms with E-state index in [0.717, 1.165) is 0 Å². The minimum atomic E-state index is -3.82. The van der Waals surface area contributed by atoms with Crippen LogP contribution in [0.5, 0.6) is 0 Å². The minimum absolute atomic E-state index is 0.260. The van der Waals surface area contributed by atoms with E-state index in [2.05, 4.69) is 9.44 Å². The highest BCUT2D eigenvalue weighted by Gasteiger charge is 2.24. The fraction of sp³-hybridized carbons (Fsp3) is 0.364. The van der Waals surface area contributed by atoms with Crippen LogP contribution in [0, 0.1) is 0 Å². The molecular formula is C11H16N2O4S. The van der Waals surface area contributed by atoms with E-state index in [1.54, 1.807) is 30.3 Å². The third-order valence-corrected chi connectivity index (χ3v) is 3.33. The van der Waals surface area contributed by atoms with Gasteiger partial charge in [-0.25, -0.2) is 4.72 Å². The molecule has 0 aliphatic carbocycles. The largest absolute Gasteiger partial charge is 0.480 e. The maximum absolute atomic E-state index is 11.6. The molecule has 100 valence electrons. The lowest BCUT2D eigenvalue weighted by Gasteiger charge is -2.15. The molecule has 0 aliphatic heterocycles. The maximum Gasteiger partial charge on any atom is 0.326 e. The molecule has 0 bridgehead atoms. The van der Waals surface area contributed by atoms with Crippen LogP contribution in [0.3, 0.4) is 0 Å². The van der Waals surface area contributed by atoms with Crippen molar-refractivity contribution in [3.05, 3.63) is 35.9 Å². The van der Waals surface area contributed by atoms with Crippen LogP contribution in [0.4, 0.5) is 0 Å². The van der Waals surface area contributed by atoms with Crippen LogP contribution in [0.15, 0.2) is 30.3 Å². The van der Waals surface area contributed by atoms with E-state index >= 15 is 0 Å². The lowest BCUT2D eigenvalue weighted by atomic mass is 10.1. The van der Waals surface area contributed by atoms with Crippen LogP contribution in [-0.2, 0) is 15.0 Å². The summed E-state index contributed by atoms with van der Waals surface area (Å²) >= 11 is 0. The zero-order valence-corrected chi connectivity index (χ0v) is 10.8. The van der Waals surface area contributed by atoms with Crippen LogP contribution in [0.25, 0.3) is 0 Å². The first kappa shape index (κ1) is 14.6. The summed E-state index contributed by atoms with van der Waals surface area (Å²) in [4.78, 5) is 11.1. The first-order valence-corrected chi connectivity index (χ1v) is 6.99. The Kier molecular flexibility index (Phi) is 5.26. The highest BCUT2D eigenvalue weighted by Crippen LogP contribution is 2.13. The van der Waals surface area contributed by atoms with E-state index in [4.69, 9.17) is 5.11 Å². The van der Waals surface area contributed by atoms with Gasteiger partial charge >= 0.3 is 5.97 Å². The van der Waals surface area contributed by atoms with Crippen molar-refractivity contribution >= 4 is 16.2 Å². The number of benzene rings is 1. The van der Waals surface area contributed by atoms with E-state index in [1.165, 1.54) is 0 Å². The van der Waals surface area contributed by atoms with Crippen molar-refractivity contribution in [2.24, 2.45) is 0 Å². The SMILES string of the molecule is CCCNS(=O)(=O)N[C@H](C(=O)O)c1ccccc1. The molecule has 1 aromatic carbocycles. The number of carboxylic acid groups (broad SMARTS) is 1. The van der Waals surface area contributed by atoms with Crippen LogP contribution in [0.1, 0.15) is 24.9 Å². The fourth-order valence-electron chi connectivity index (χ4n) is 1.34. The standard InChI is InChI=1S/C11H16N2O4S/c1-2-8-12-18(16,17)13-10(11(14)15)9-6-4-3-5-7-9/h3-7,10,12-13H,2,8H2,1H3,(H,14,15)/t10-/m0/s1. The van der Waals surface area contributed by atoms with Gasteiger partial charge in [-0.2, -0.15) is 13.1 Å². The van der Waals surface area contributed by atoms with E-state index < -0.39 is 22.2 Å². The Morgan fingerprint density at radius 3 is 2.44 bits per heavy atom. The molecule has 0 fully saturated rings. The molecule has 1 aromatic rings. The van der Waals surface area contributed by atoms with Crippen molar-refractivity contribution in [1.29, 1.82) is 0 Å². The number of rotatable bonds is 7. The first-order valence-electron chi connectivity index (χ1n) is 5.51. The Labute approximate surface area is 106 Å². The van der Waals surface area contributed by atoms with Crippen molar-refractivity contribution < 1.29 is 18.3 Å². The van der Waals surface area contributed by atoms with Gasteiger partial charge in [-0.3, -0.25) is 4.79 Å². The third-order valence-electron chi connectivity index (χ3n) is 2.19. The summed E-state index contributed by atoms with van der Waals surface area (Å²) in [6.07, 6.45) is 0.629. The van der Waals surface area contributed by atoms with Gasteiger partial charge in [0.05, 0.1) is 0 Å². The van der Waals surface area contributed by atoms with E-state index in [0.29, 0.717) is 12.0 Å². The van der Waals surface area contributed by atoms with Gasteiger partial charge in [0.15, 0.2) is 0 Å². The van der Waals surface area contributed by atoms with Gasteiger partial charge in [-0.1, -0.05) is 37.3 Å².